The molecular formula is C17H23Cl3N2O2S. The third-order valence-corrected chi connectivity index (χ3v) is 6.73. The number of nitrogens with one attached hydrogen (secondary N) is 1. The summed E-state index contributed by atoms with van der Waals surface area (Å²) in [6, 6.07) is 2.06. The molecule has 2 unspecified atom stereocenters. The highest BCUT2D eigenvalue weighted by molar-refractivity contribution is 7.20. The molecule has 3 N–H and O–H groups in total. The van der Waals surface area contributed by atoms with Crippen LogP contribution in [0.5, 0.6) is 0 Å². The highest BCUT2D eigenvalue weighted by Gasteiger charge is 2.39. The van der Waals surface area contributed by atoms with E-state index in [-0.39, 0.29) is 49.0 Å². The van der Waals surface area contributed by atoms with Crippen LogP contribution >= 0.6 is 46.9 Å². The quantitative estimate of drug-likeness (QED) is 0.684. The highest BCUT2D eigenvalue weighted by Crippen LogP contribution is 2.39. The van der Waals surface area contributed by atoms with E-state index in [2.05, 4.69) is 5.32 Å². The molecule has 3 rings (SSSR count). The maximum Gasteiger partial charge on any atom is 0.220 e. The summed E-state index contributed by atoms with van der Waals surface area (Å²) in [5, 5.41) is 3.16. The van der Waals surface area contributed by atoms with E-state index >= 15 is 0 Å². The molecule has 2 atom stereocenters. The van der Waals surface area contributed by atoms with E-state index in [1.807, 2.05) is 0 Å². The second-order valence-electron chi connectivity index (χ2n) is 6.94. The van der Waals surface area contributed by atoms with E-state index in [4.69, 9.17) is 28.9 Å². The molecule has 2 aliphatic carbocycles. The summed E-state index contributed by atoms with van der Waals surface area (Å²) in [6.07, 6.45) is 5.82. The Bertz CT molecular complexity index is 623. The summed E-state index contributed by atoms with van der Waals surface area (Å²) in [5.74, 6) is 0.775. The van der Waals surface area contributed by atoms with Crippen LogP contribution in [-0.4, -0.2) is 23.8 Å². The second-order valence-corrected chi connectivity index (χ2v) is 9.22. The molecule has 1 heterocycles. The standard InChI is InChI=1S/C17H22Cl2N2O2S.ClH/c18-14-8-12(17(19)24-14)13(22)4-5-15(23)21-16-9-2-1-3-10(16)7-11(20)6-9;/h8-11,16H,1-7,20H2,(H,21,23);1H. The maximum absolute atomic E-state index is 12.3. The van der Waals surface area contributed by atoms with Crippen molar-refractivity contribution in [3.8, 4) is 0 Å². The summed E-state index contributed by atoms with van der Waals surface area (Å²) < 4.78 is 0.875. The number of hydrogen-bond acceptors (Lipinski definition) is 4. The van der Waals surface area contributed by atoms with E-state index in [1.54, 1.807) is 6.07 Å². The van der Waals surface area contributed by atoms with Crippen LogP contribution in [0, 0.1) is 11.8 Å². The van der Waals surface area contributed by atoms with Gasteiger partial charge in [-0.25, -0.2) is 0 Å². The fourth-order valence-electron chi connectivity index (χ4n) is 4.17. The van der Waals surface area contributed by atoms with Gasteiger partial charge >= 0.3 is 0 Å². The molecule has 2 saturated carbocycles. The van der Waals surface area contributed by atoms with E-state index in [1.165, 1.54) is 17.8 Å². The summed E-state index contributed by atoms with van der Waals surface area (Å²) in [5.41, 5.74) is 6.53. The van der Waals surface area contributed by atoms with Crippen molar-refractivity contribution in [1.82, 2.24) is 5.32 Å². The minimum atomic E-state index is -0.135. The van der Waals surface area contributed by atoms with Crippen molar-refractivity contribution >= 4 is 58.6 Å². The molecule has 4 nitrogen and oxygen atoms in total. The molecule has 0 aromatic carbocycles. The van der Waals surface area contributed by atoms with Crippen LogP contribution in [-0.2, 0) is 4.79 Å². The predicted octanol–water partition coefficient (Wildman–Crippen LogP) is 4.46. The lowest BCUT2D eigenvalue weighted by atomic mass is 9.67. The highest BCUT2D eigenvalue weighted by atomic mass is 35.5. The summed E-state index contributed by atoms with van der Waals surface area (Å²) in [4.78, 5) is 24.5. The van der Waals surface area contributed by atoms with Crippen molar-refractivity contribution in [1.29, 1.82) is 0 Å². The largest absolute Gasteiger partial charge is 0.353 e. The average Bonchev–Trinajstić information content (AvgIpc) is 2.84. The zero-order chi connectivity index (χ0) is 17.3. The number of amides is 1. The number of fused-ring (bicyclic) bond motifs is 2. The number of thiophene rings is 1. The van der Waals surface area contributed by atoms with Gasteiger partial charge in [0.15, 0.2) is 5.78 Å². The first-order valence-electron chi connectivity index (χ1n) is 8.47. The maximum atomic E-state index is 12.3. The average molecular weight is 426 g/mol. The number of carbonyl (C=O) groups excluding carboxylic acids is 2. The molecule has 25 heavy (non-hydrogen) atoms. The lowest BCUT2D eigenvalue weighted by Crippen LogP contribution is -2.53. The number of Topliss-reactive ketones (excluding diaryl/α,β-unsaturated/α-hetero) is 1. The Morgan fingerprint density at radius 2 is 1.84 bits per heavy atom. The molecule has 0 saturated heterocycles. The van der Waals surface area contributed by atoms with Crippen LogP contribution in [0.4, 0.5) is 0 Å². The van der Waals surface area contributed by atoms with Crippen molar-refractivity contribution in [3.63, 3.8) is 0 Å². The Morgan fingerprint density at radius 3 is 2.40 bits per heavy atom. The van der Waals surface area contributed by atoms with Crippen molar-refractivity contribution in [2.45, 2.75) is 57.0 Å². The van der Waals surface area contributed by atoms with Gasteiger partial charge in [0, 0.05) is 30.5 Å². The zero-order valence-corrected chi connectivity index (χ0v) is 16.9. The number of hydrogen-bond donors (Lipinski definition) is 2. The smallest absolute Gasteiger partial charge is 0.220 e. The van der Waals surface area contributed by atoms with Gasteiger partial charge in [-0.2, -0.15) is 0 Å². The van der Waals surface area contributed by atoms with Gasteiger partial charge in [-0.3, -0.25) is 9.59 Å². The molecule has 0 aliphatic heterocycles. The third kappa shape index (κ3) is 5.10. The molecule has 2 bridgehead atoms. The summed E-state index contributed by atoms with van der Waals surface area (Å²) in [7, 11) is 0. The van der Waals surface area contributed by atoms with Crippen LogP contribution in [0.3, 0.4) is 0 Å². The van der Waals surface area contributed by atoms with Gasteiger partial charge in [-0.1, -0.05) is 29.6 Å². The second kappa shape index (κ2) is 9.05. The van der Waals surface area contributed by atoms with Gasteiger partial charge < -0.3 is 11.1 Å². The minimum absolute atomic E-state index is 0. The molecule has 2 aliphatic rings. The first-order chi connectivity index (χ1) is 11.4. The Kier molecular flexibility index (Phi) is 7.59. The van der Waals surface area contributed by atoms with Gasteiger partial charge in [-0.15, -0.1) is 23.7 Å². The fourth-order valence-corrected chi connectivity index (χ4v) is 5.67. The Balaban J connectivity index is 0.00000225. The van der Waals surface area contributed by atoms with Crippen LogP contribution in [0.1, 0.15) is 55.3 Å². The van der Waals surface area contributed by atoms with Crippen LogP contribution < -0.4 is 11.1 Å². The van der Waals surface area contributed by atoms with Crippen LogP contribution in [0.25, 0.3) is 0 Å². The Labute approximate surface area is 168 Å². The molecule has 0 radical (unpaired) electrons. The van der Waals surface area contributed by atoms with Crippen LogP contribution in [0.15, 0.2) is 6.07 Å². The summed E-state index contributed by atoms with van der Waals surface area (Å²) >= 11 is 13.0. The SMILES string of the molecule is Cl.NC1CC2CCCC(C1)C2NC(=O)CCC(=O)c1cc(Cl)sc1Cl. The predicted molar refractivity (Wildman–Crippen MR) is 105 cm³/mol. The lowest BCUT2D eigenvalue weighted by molar-refractivity contribution is -0.123. The molecular weight excluding hydrogens is 403 g/mol. The summed E-state index contributed by atoms with van der Waals surface area (Å²) in [6.45, 7) is 0. The number of carbonyl (C=O) groups is 2. The fraction of sp³-hybridized carbons (Fsp3) is 0.647. The van der Waals surface area contributed by atoms with Gasteiger partial charge in [-0.05, 0) is 43.6 Å². The Morgan fingerprint density at radius 1 is 1.20 bits per heavy atom. The third-order valence-electron chi connectivity index (χ3n) is 5.24. The van der Waals surface area contributed by atoms with Gasteiger partial charge in [0.25, 0.3) is 0 Å². The number of ketones is 1. The normalized spacial score (nSPS) is 28.1. The molecule has 2 fully saturated rings. The van der Waals surface area contributed by atoms with Crippen molar-refractivity contribution in [2.75, 3.05) is 0 Å². The number of rotatable bonds is 5. The molecule has 1 amide bonds. The van der Waals surface area contributed by atoms with Crippen molar-refractivity contribution in [2.24, 2.45) is 17.6 Å². The molecule has 140 valence electrons. The lowest BCUT2D eigenvalue weighted by Gasteiger charge is -2.45. The number of halogens is 3. The topological polar surface area (TPSA) is 72.2 Å². The van der Waals surface area contributed by atoms with Crippen molar-refractivity contribution < 1.29 is 9.59 Å². The molecule has 8 heteroatoms. The molecule has 1 aromatic rings. The van der Waals surface area contributed by atoms with E-state index in [0.717, 1.165) is 25.7 Å². The van der Waals surface area contributed by atoms with E-state index in [0.29, 0.717) is 26.1 Å². The van der Waals surface area contributed by atoms with Crippen molar-refractivity contribution in [3.05, 3.63) is 20.3 Å². The number of nitrogens with two attached hydrogens (primary N) is 1. The monoisotopic (exact) mass is 424 g/mol. The van der Waals surface area contributed by atoms with Gasteiger partial charge in [0.2, 0.25) is 5.91 Å². The zero-order valence-electron chi connectivity index (χ0n) is 13.8. The Hall–Kier alpha value is -0.330. The molecule has 0 spiro atoms. The van der Waals surface area contributed by atoms with E-state index < -0.39 is 0 Å². The van der Waals surface area contributed by atoms with E-state index in [9.17, 15) is 9.59 Å². The first-order valence-corrected chi connectivity index (χ1v) is 10.0. The van der Waals surface area contributed by atoms with Gasteiger partial charge in [0.05, 0.1) is 4.34 Å². The van der Waals surface area contributed by atoms with Gasteiger partial charge in [0.1, 0.15) is 4.34 Å². The first kappa shape index (κ1) is 21.0. The van der Waals surface area contributed by atoms with Crippen LogP contribution in [0.2, 0.25) is 8.67 Å². The minimum Gasteiger partial charge on any atom is -0.353 e. The molecule has 1 aromatic heterocycles.